The maximum Gasteiger partial charge on any atom is 0.0516 e. The van der Waals surface area contributed by atoms with Gasteiger partial charge in [-0.1, -0.05) is 25.8 Å². The fourth-order valence-electron chi connectivity index (χ4n) is 3.83. The summed E-state index contributed by atoms with van der Waals surface area (Å²) in [5, 5.41) is 3.87. The second-order valence-corrected chi connectivity index (χ2v) is 7.37. The Balaban J connectivity index is 1.92. The Labute approximate surface area is 131 Å². The number of anilines is 1. The minimum absolute atomic E-state index is 0.370. The Bertz CT molecular complexity index is 480. The summed E-state index contributed by atoms with van der Waals surface area (Å²) in [4.78, 5) is 2.65. The predicted octanol–water partition coefficient (Wildman–Crippen LogP) is 4.26. The Morgan fingerprint density at radius 2 is 2.10 bits per heavy atom. The Hall–Kier alpha value is -0.540. The first-order chi connectivity index (χ1) is 9.63. The molecule has 1 aliphatic heterocycles. The molecule has 3 rings (SSSR count). The van der Waals surface area contributed by atoms with Gasteiger partial charge in [0, 0.05) is 29.1 Å². The second kappa shape index (κ2) is 5.69. The van der Waals surface area contributed by atoms with Crippen LogP contribution >= 0.6 is 15.9 Å². The number of nitrogens with one attached hydrogen (secondary N) is 1. The van der Waals surface area contributed by atoms with Gasteiger partial charge in [0.25, 0.3) is 0 Å². The Morgan fingerprint density at radius 3 is 2.80 bits per heavy atom. The van der Waals surface area contributed by atoms with Gasteiger partial charge in [0.15, 0.2) is 0 Å². The Morgan fingerprint density at radius 1 is 1.35 bits per heavy atom. The molecule has 3 heteroatoms. The van der Waals surface area contributed by atoms with Crippen molar-refractivity contribution in [2.45, 2.75) is 57.5 Å². The van der Waals surface area contributed by atoms with Crippen LogP contribution in [0.15, 0.2) is 22.7 Å². The zero-order chi connectivity index (χ0) is 14.2. The van der Waals surface area contributed by atoms with Gasteiger partial charge in [0.2, 0.25) is 0 Å². The lowest BCUT2D eigenvalue weighted by Crippen LogP contribution is -2.63. The fourth-order valence-corrected chi connectivity index (χ4v) is 4.31. The summed E-state index contributed by atoms with van der Waals surface area (Å²) in [7, 11) is 0. The van der Waals surface area contributed by atoms with E-state index < -0.39 is 0 Å². The third-order valence-corrected chi connectivity index (χ3v) is 5.74. The summed E-state index contributed by atoms with van der Waals surface area (Å²) in [6.45, 7) is 6.77. The molecule has 1 unspecified atom stereocenters. The minimum atomic E-state index is 0.370. The van der Waals surface area contributed by atoms with Gasteiger partial charge in [-0.25, -0.2) is 0 Å². The van der Waals surface area contributed by atoms with Gasteiger partial charge in [0.1, 0.15) is 0 Å². The molecule has 0 bridgehead atoms. The molecule has 1 saturated carbocycles. The van der Waals surface area contributed by atoms with Crippen molar-refractivity contribution in [3.8, 4) is 0 Å². The van der Waals surface area contributed by atoms with Gasteiger partial charge in [-0.15, -0.1) is 0 Å². The molecule has 1 spiro atoms. The number of hydrogen-bond acceptors (Lipinski definition) is 2. The molecular formula is C17H25BrN2. The van der Waals surface area contributed by atoms with E-state index in [1.165, 1.54) is 47.8 Å². The quantitative estimate of drug-likeness (QED) is 0.867. The summed E-state index contributed by atoms with van der Waals surface area (Å²) in [6.07, 6.45) is 6.63. The van der Waals surface area contributed by atoms with Gasteiger partial charge in [-0.2, -0.15) is 0 Å². The average molecular weight is 337 g/mol. The molecule has 2 aliphatic rings. The number of rotatable bonds is 2. The van der Waals surface area contributed by atoms with E-state index in [4.69, 9.17) is 0 Å². The number of halogens is 1. The summed E-state index contributed by atoms with van der Waals surface area (Å²) in [5.74, 6) is 0. The van der Waals surface area contributed by atoms with E-state index in [0.717, 1.165) is 13.1 Å². The van der Waals surface area contributed by atoms with E-state index in [1.807, 2.05) is 0 Å². The smallest absolute Gasteiger partial charge is 0.0516 e. The van der Waals surface area contributed by atoms with Crippen molar-refractivity contribution in [3.05, 3.63) is 28.2 Å². The molecule has 1 N–H and O–H groups in total. The molecule has 1 aliphatic carbocycles. The maximum absolute atomic E-state index is 3.87. The number of benzene rings is 1. The number of aryl methyl sites for hydroxylation is 1. The lowest BCUT2D eigenvalue weighted by molar-refractivity contribution is 0.267. The maximum atomic E-state index is 3.87. The van der Waals surface area contributed by atoms with Gasteiger partial charge in [0.05, 0.1) is 5.69 Å². The highest BCUT2D eigenvalue weighted by atomic mass is 79.9. The molecule has 1 aromatic rings. The topological polar surface area (TPSA) is 15.3 Å². The second-order valence-electron chi connectivity index (χ2n) is 6.51. The van der Waals surface area contributed by atoms with Crippen molar-refractivity contribution in [3.63, 3.8) is 0 Å². The zero-order valence-corrected chi connectivity index (χ0v) is 14.2. The molecule has 20 heavy (non-hydrogen) atoms. The monoisotopic (exact) mass is 336 g/mol. The summed E-state index contributed by atoms with van der Waals surface area (Å²) < 4.78 is 1.23. The molecule has 0 radical (unpaired) electrons. The third-order valence-electron chi connectivity index (χ3n) is 5.07. The van der Waals surface area contributed by atoms with E-state index in [9.17, 15) is 0 Å². The molecule has 2 nitrogen and oxygen atoms in total. The summed E-state index contributed by atoms with van der Waals surface area (Å²) in [6, 6.07) is 7.32. The molecule has 1 aromatic carbocycles. The first-order valence-corrected chi connectivity index (χ1v) is 8.71. The number of nitrogens with zero attached hydrogens (tertiary/aromatic N) is 1. The van der Waals surface area contributed by atoms with Crippen LogP contribution in [-0.2, 0) is 0 Å². The first-order valence-electron chi connectivity index (χ1n) is 7.91. The molecule has 1 atom stereocenters. The molecule has 0 amide bonds. The van der Waals surface area contributed by atoms with Crippen molar-refractivity contribution in [2.75, 3.05) is 18.0 Å². The molecule has 110 valence electrons. The Kier molecular flexibility index (Phi) is 4.09. The van der Waals surface area contributed by atoms with Crippen LogP contribution in [0, 0.1) is 6.92 Å². The van der Waals surface area contributed by atoms with Crippen LogP contribution in [0.3, 0.4) is 0 Å². The van der Waals surface area contributed by atoms with E-state index in [1.54, 1.807) is 0 Å². The number of hydrogen-bond donors (Lipinski definition) is 1. The largest absolute Gasteiger partial charge is 0.365 e. The van der Waals surface area contributed by atoms with Crippen molar-refractivity contribution in [1.29, 1.82) is 0 Å². The van der Waals surface area contributed by atoms with Crippen molar-refractivity contribution in [2.24, 2.45) is 0 Å². The summed E-state index contributed by atoms with van der Waals surface area (Å²) >= 11 is 3.76. The van der Waals surface area contributed by atoms with Crippen LogP contribution in [-0.4, -0.2) is 24.7 Å². The summed E-state index contributed by atoms with van der Waals surface area (Å²) in [5.41, 5.74) is 3.09. The average Bonchev–Trinajstić information content (AvgIpc) is 2.90. The molecule has 0 aromatic heterocycles. The first kappa shape index (κ1) is 14.4. The van der Waals surface area contributed by atoms with Crippen LogP contribution in [0.2, 0.25) is 0 Å². The number of piperazine rings is 1. The molecule has 2 fully saturated rings. The van der Waals surface area contributed by atoms with E-state index in [-0.39, 0.29) is 0 Å². The van der Waals surface area contributed by atoms with Crippen LogP contribution < -0.4 is 10.2 Å². The molecule has 1 saturated heterocycles. The van der Waals surface area contributed by atoms with E-state index >= 15 is 0 Å². The van der Waals surface area contributed by atoms with E-state index in [0.29, 0.717) is 11.6 Å². The lowest BCUT2D eigenvalue weighted by Gasteiger charge is -2.47. The normalized spacial score (nSPS) is 25.4. The van der Waals surface area contributed by atoms with Crippen molar-refractivity contribution >= 4 is 21.6 Å². The third kappa shape index (κ3) is 2.62. The highest BCUT2D eigenvalue weighted by molar-refractivity contribution is 9.10. The van der Waals surface area contributed by atoms with Crippen LogP contribution in [0.4, 0.5) is 5.69 Å². The zero-order valence-electron chi connectivity index (χ0n) is 12.6. The predicted molar refractivity (Wildman–Crippen MR) is 89.5 cm³/mol. The molecule has 1 heterocycles. The van der Waals surface area contributed by atoms with Gasteiger partial charge in [-0.3, -0.25) is 0 Å². The standard InChI is InChI=1S/C17H25BrN2/c1-3-14-11-19-17(8-4-5-9-17)12-20(14)16-10-13(2)6-7-15(16)18/h6-7,10,14,19H,3-5,8-9,11-12H2,1-2H3. The van der Waals surface area contributed by atoms with Gasteiger partial charge < -0.3 is 10.2 Å². The SMILES string of the molecule is CCC1CNC2(CCCC2)CN1c1cc(C)ccc1Br. The van der Waals surface area contributed by atoms with Gasteiger partial charge >= 0.3 is 0 Å². The van der Waals surface area contributed by atoms with Crippen LogP contribution in [0.1, 0.15) is 44.6 Å². The van der Waals surface area contributed by atoms with E-state index in [2.05, 4.69) is 58.2 Å². The minimum Gasteiger partial charge on any atom is -0.365 e. The van der Waals surface area contributed by atoms with Crippen molar-refractivity contribution < 1.29 is 0 Å². The lowest BCUT2D eigenvalue weighted by atomic mass is 9.91. The fraction of sp³-hybridized carbons (Fsp3) is 0.647. The van der Waals surface area contributed by atoms with Crippen LogP contribution in [0.25, 0.3) is 0 Å². The molecular weight excluding hydrogens is 312 g/mol. The van der Waals surface area contributed by atoms with Crippen LogP contribution in [0.5, 0.6) is 0 Å². The van der Waals surface area contributed by atoms with Gasteiger partial charge in [-0.05, 0) is 59.8 Å². The highest BCUT2D eigenvalue weighted by Gasteiger charge is 2.41. The van der Waals surface area contributed by atoms with Crippen molar-refractivity contribution in [1.82, 2.24) is 5.32 Å². The highest BCUT2D eigenvalue weighted by Crippen LogP contribution is 2.38.